The predicted octanol–water partition coefficient (Wildman–Crippen LogP) is 7.10. The van der Waals surface area contributed by atoms with Crippen LogP contribution in [0.5, 0.6) is 17.6 Å². The fourth-order valence-electron chi connectivity index (χ4n) is 8.33. The summed E-state index contributed by atoms with van der Waals surface area (Å²) in [6.07, 6.45) is 8.91. The number of likely N-dealkylation sites (tertiary alicyclic amines) is 1. The second-order valence-electron chi connectivity index (χ2n) is 16.3. The van der Waals surface area contributed by atoms with Gasteiger partial charge < -0.3 is 34.6 Å². The van der Waals surface area contributed by atoms with E-state index in [0.29, 0.717) is 57.2 Å². The van der Waals surface area contributed by atoms with E-state index in [9.17, 15) is 19.6 Å². The first-order valence-corrected chi connectivity index (χ1v) is 19.9. The molecule has 7 rings (SSSR count). The van der Waals surface area contributed by atoms with Crippen LogP contribution in [0.2, 0.25) is 0 Å². The number of alkyl halides is 1. The van der Waals surface area contributed by atoms with E-state index in [4.69, 9.17) is 20.9 Å². The number of amides is 2. The Balaban J connectivity index is 1.36. The number of phenolic OH excluding ortho intramolecular Hbond substituents is 1. The molecule has 58 heavy (non-hydrogen) atoms. The van der Waals surface area contributed by atoms with Crippen molar-refractivity contribution >= 4 is 33.5 Å². The Bertz CT molecular complexity index is 2300. The quantitative estimate of drug-likeness (QED) is 0.151. The first-order chi connectivity index (χ1) is 27.7. The smallest absolute Gasteiger partial charge is 0.319 e. The summed E-state index contributed by atoms with van der Waals surface area (Å²) in [7, 11) is 1.39. The van der Waals surface area contributed by atoms with Crippen molar-refractivity contribution in [3.63, 3.8) is 0 Å². The summed E-state index contributed by atoms with van der Waals surface area (Å²) in [5.41, 5.74) is -1.82. The van der Waals surface area contributed by atoms with Crippen LogP contribution >= 0.6 is 0 Å². The average Bonchev–Trinajstić information content (AvgIpc) is 3.99. The molecule has 4 aromatic rings. The van der Waals surface area contributed by atoms with Crippen LogP contribution < -0.4 is 19.7 Å². The third-order valence-corrected chi connectivity index (χ3v) is 11.7. The molecular formula is C43H49F3N8O4. The maximum Gasteiger partial charge on any atom is 0.319 e. The van der Waals surface area contributed by atoms with Crippen LogP contribution in [-0.4, -0.2) is 106 Å². The first-order valence-electron chi connectivity index (χ1n) is 19.9. The molecule has 2 N–H and O–H groups in total. The Morgan fingerprint density at radius 3 is 2.38 bits per heavy atom. The highest BCUT2D eigenvalue weighted by atomic mass is 19.1. The van der Waals surface area contributed by atoms with Crippen LogP contribution in [0.1, 0.15) is 71.8 Å². The van der Waals surface area contributed by atoms with Crippen LogP contribution in [-0.2, 0) is 0 Å². The van der Waals surface area contributed by atoms with Crippen LogP contribution in [0.4, 0.5) is 23.8 Å². The van der Waals surface area contributed by atoms with E-state index in [1.807, 2.05) is 18.7 Å². The first kappa shape index (κ1) is 40.6. The number of pyridine rings is 1. The second-order valence-corrected chi connectivity index (χ2v) is 16.3. The molecule has 1 saturated carbocycles. The summed E-state index contributed by atoms with van der Waals surface area (Å²) in [5.74, 6) is 0.817. The number of ether oxygens (including phenoxy) is 2. The van der Waals surface area contributed by atoms with Crippen molar-refractivity contribution in [1.82, 2.24) is 30.1 Å². The summed E-state index contributed by atoms with van der Waals surface area (Å²) in [5, 5.41) is 24.0. The van der Waals surface area contributed by atoms with E-state index >= 15 is 8.78 Å². The second kappa shape index (κ2) is 16.0. The van der Waals surface area contributed by atoms with Gasteiger partial charge in [-0.05, 0) is 76.0 Å². The Morgan fingerprint density at radius 2 is 1.78 bits per heavy atom. The van der Waals surface area contributed by atoms with E-state index in [1.54, 1.807) is 18.7 Å². The van der Waals surface area contributed by atoms with Gasteiger partial charge in [0, 0.05) is 49.1 Å². The normalized spacial score (nSPS) is 19.8. The molecule has 306 valence electrons. The molecule has 0 radical (unpaired) electrons. The molecule has 12 nitrogen and oxygen atoms in total. The third-order valence-electron chi connectivity index (χ3n) is 11.7. The number of phenols is 1. The lowest BCUT2D eigenvalue weighted by Crippen LogP contribution is -2.64. The number of terminal acetylenes is 1. The van der Waals surface area contributed by atoms with E-state index < -0.39 is 23.3 Å². The molecular weight excluding hydrogens is 750 g/mol. The van der Waals surface area contributed by atoms with Gasteiger partial charge in [0.2, 0.25) is 5.88 Å². The van der Waals surface area contributed by atoms with E-state index in [-0.39, 0.29) is 86.7 Å². The maximum absolute atomic E-state index is 17.4. The molecule has 2 saturated heterocycles. The number of methoxy groups -OCH3 is 1. The van der Waals surface area contributed by atoms with Crippen LogP contribution in [0.25, 0.3) is 32.9 Å². The predicted molar refractivity (Wildman–Crippen MR) is 215 cm³/mol. The molecule has 2 unspecified atom stereocenters. The lowest BCUT2D eigenvalue weighted by Gasteiger charge is -2.47. The summed E-state index contributed by atoms with van der Waals surface area (Å²) < 4.78 is 58.7. The van der Waals surface area contributed by atoms with E-state index in [1.165, 1.54) is 31.4 Å². The minimum Gasteiger partial charge on any atom is -0.508 e. The number of hydrogen-bond acceptors (Lipinski definition) is 10. The molecule has 2 aromatic carbocycles. The molecule has 4 heterocycles. The fraction of sp³-hybridized carbons (Fsp3) is 0.512. The fourth-order valence-corrected chi connectivity index (χ4v) is 8.33. The van der Waals surface area contributed by atoms with Crippen LogP contribution in [0.15, 0.2) is 24.3 Å². The number of nitrogens with one attached hydrogen (secondary N) is 1. The number of hydrogen-bond donors (Lipinski definition) is 2. The lowest BCUT2D eigenvalue weighted by molar-refractivity contribution is 0.107. The monoisotopic (exact) mass is 798 g/mol. The summed E-state index contributed by atoms with van der Waals surface area (Å²) >= 11 is 0. The zero-order valence-corrected chi connectivity index (χ0v) is 33.5. The summed E-state index contributed by atoms with van der Waals surface area (Å²) in [6, 6.07) is 6.34. The summed E-state index contributed by atoms with van der Waals surface area (Å²) in [6.45, 7) is 10.1. The van der Waals surface area contributed by atoms with Crippen molar-refractivity contribution in [3.05, 3.63) is 41.5 Å². The zero-order chi connectivity index (χ0) is 41.5. The number of halogens is 3. The molecule has 0 spiro atoms. The number of aromatic hydroxyl groups is 1. The maximum atomic E-state index is 17.4. The molecule has 0 bridgehead atoms. The molecule has 2 atom stereocenters. The highest BCUT2D eigenvalue weighted by molar-refractivity contribution is 6.04. The van der Waals surface area contributed by atoms with Gasteiger partial charge in [-0.3, -0.25) is 0 Å². The highest BCUT2D eigenvalue weighted by Crippen LogP contribution is 2.48. The molecule has 2 amide bonds. The number of rotatable bonds is 11. The minimum atomic E-state index is -1.09. The Labute approximate surface area is 336 Å². The molecule has 3 aliphatic rings. The molecule has 1 aliphatic carbocycles. The van der Waals surface area contributed by atoms with Crippen LogP contribution in [0, 0.1) is 40.7 Å². The van der Waals surface area contributed by atoms with Crippen molar-refractivity contribution < 1.29 is 32.5 Å². The van der Waals surface area contributed by atoms with E-state index in [0.717, 1.165) is 19.4 Å². The number of fused-ring (bicyclic) bond motifs is 2. The number of carbonyl (C=O) groups excluding carboxylic acids is 1. The number of carbonyl (C=O) groups is 1. The number of nitrogens with zero attached hydrogens (tertiary/aromatic N) is 7. The van der Waals surface area contributed by atoms with Gasteiger partial charge in [-0.15, -0.1) is 6.42 Å². The molecule has 2 aliphatic heterocycles. The number of piperazine rings is 1. The lowest BCUT2D eigenvalue weighted by atomic mass is 9.95. The van der Waals surface area contributed by atoms with Crippen molar-refractivity contribution in [2.24, 2.45) is 5.41 Å². The van der Waals surface area contributed by atoms with Gasteiger partial charge in [0.25, 0.3) is 0 Å². The minimum absolute atomic E-state index is 0.0323. The van der Waals surface area contributed by atoms with Crippen molar-refractivity contribution in [2.45, 2.75) is 90.0 Å². The molecule has 3 fully saturated rings. The largest absolute Gasteiger partial charge is 0.508 e. The van der Waals surface area contributed by atoms with Crippen LogP contribution in [0.3, 0.4) is 0 Å². The van der Waals surface area contributed by atoms with Gasteiger partial charge in [0.1, 0.15) is 45.7 Å². The number of benzene rings is 2. The number of anilines is 1. The van der Waals surface area contributed by atoms with E-state index in [2.05, 4.69) is 32.2 Å². The topological polar surface area (TPSA) is 140 Å². The number of aromatic nitrogens is 3. The highest BCUT2D eigenvalue weighted by Gasteiger charge is 2.46. The number of urea groups is 1. The standard InChI is InChI=1S/C43H49F3N8O4/c1-7-27-20-53(21-28(8-2)54(27)41(56)51-42(4,5)22-47)38-34-37(49-40(50-38)58-24-43(14-15-43)23-52-16-12-26(44)13-17-52)35(46)36(48-39(34)57-6)31-19-29(55)18-25-10-11-32(45)30(9-3)33(25)31/h3,10-11,18-19,26-28,55H,7-8,12-17,20-21,23-24H2,1-2,4-6H3,(H,51,56). The van der Waals surface area contributed by atoms with Gasteiger partial charge in [-0.25, -0.2) is 22.9 Å². The Morgan fingerprint density at radius 1 is 1.09 bits per heavy atom. The number of piperidine rings is 1. The van der Waals surface area contributed by atoms with Gasteiger partial charge in [0.05, 0.1) is 37.4 Å². The SMILES string of the molecule is C#Cc1c(F)ccc2cc(O)cc(-c3nc(OC)c4c(N5CC(CC)N(C(=O)NC(C)(C)C#N)C(CC)C5)nc(OCC5(CN6CCC(F)CC6)CC5)nc4c3F)c12. The van der Waals surface area contributed by atoms with Gasteiger partial charge in [-0.1, -0.05) is 25.8 Å². The van der Waals surface area contributed by atoms with Gasteiger partial charge in [0.15, 0.2) is 5.82 Å². The molecule has 2 aromatic heterocycles. The summed E-state index contributed by atoms with van der Waals surface area (Å²) in [4.78, 5) is 33.9. The van der Waals surface area contributed by atoms with Gasteiger partial charge >= 0.3 is 12.0 Å². The average molecular weight is 799 g/mol. The third kappa shape index (κ3) is 7.84. The zero-order valence-electron chi connectivity index (χ0n) is 33.5. The van der Waals surface area contributed by atoms with Crippen molar-refractivity contribution in [1.29, 1.82) is 5.26 Å². The Hall–Kier alpha value is -5.54. The number of nitriles is 1. The van der Waals surface area contributed by atoms with Gasteiger partial charge in [-0.2, -0.15) is 15.2 Å². The van der Waals surface area contributed by atoms with Crippen molar-refractivity contribution in [2.75, 3.05) is 51.3 Å². The molecule has 15 heteroatoms. The van der Waals surface area contributed by atoms with Crippen molar-refractivity contribution in [3.8, 4) is 47.3 Å². The Kier molecular flexibility index (Phi) is 11.2.